The SMILES string of the molecule is CC.CC.CCc1ccc(N2CCN(CC)CC2)nc1OC. The molecule has 1 fully saturated rings. The number of likely N-dealkylation sites (N-methyl/N-ethyl adjacent to an activating group) is 1. The molecule has 4 heteroatoms. The molecule has 1 aliphatic heterocycles. The summed E-state index contributed by atoms with van der Waals surface area (Å²) in [5.74, 6) is 1.81. The van der Waals surface area contributed by atoms with E-state index in [0.29, 0.717) is 0 Å². The number of aryl methyl sites for hydroxylation is 1. The molecule has 0 unspecified atom stereocenters. The van der Waals surface area contributed by atoms with E-state index in [1.54, 1.807) is 7.11 Å². The number of nitrogens with zero attached hydrogens (tertiary/aromatic N) is 3. The largest absolute Gasteiger partial charge is 0.481 e. The number of aromatic nitrogens is 1. The molecule has 0 amide bonds. The van der Waals surface area contributed by atoms with Crippen molar-refractivity contribution in [2.45, 2.75) is 48.0 Å². The molecule has 1 aliphatic rings. The van der Waals surface area contributed by atoms with Crippen LogP contribution in [-0.4, -0.2) is 49.7 Å². The van der Waals surface area contributed by atoms with Gasteiger partial charge in [0.2, 0.25) is 5.88 Å². The maximum absolute atomic E-state index is 5.36. The lowest BCUT2D eigenvalue weighted by Gasteiger charge is -2.34. The molecular weight excluding hydrogens is 274 g/mol. The van der Waals surface area contributed by atoms with Gasteiger partial charge >= 0.3 is 0 Å². The first-order valence-corrected chi connectivity index (χ1v) is 8.79. The van der Waals surface area contributed by atoms with Crippen molar-refractivity contribution in [2.24, 2.45) is 0 Å². The van der Waals surface area contributed by atoms with Gasteiger partial charge in [0.1, 0.15) is 5.82 Å². The summed E-state index contributed by atoms with van der Waals surface area (Å²) in [5.41, 5.74) is 1.17. The molecule has 0 aromatic carbocycles. The van der Waals surface area contributed by atoms with E-state index in [9.17, 15) is 0 Å². The highest BCUT2D eigenvalue weighted by atomic mass is 16.5. The lowest BCUT2D eigenvalue weighted by atomic mass is 10.2. The Morgan fingerprint density at radius 1 is 1.00 bits per heavy atom. The zero-order chi connectivity index (χ0) is 17.0. The van der Waals surface area contributed by atoms with Gasteiger partial charge in [0.25, 0.3) is 0 Å². The number of ether oxygens (including phenoxy) is 1. The third-order valence-electron chi connectivity index (χ3n) is 3.64. The van der Waals surface area contributed by atoms with Crippen LogP contribution in [0.3, 0.4) is 0 Å². The van der Waals surface area contributed by atoms with E-state index < -0.39 is 0 Å². The quantitative estimate of drug-likeness (QED) is 0.845. The minimum absolute atomic E-state index is 0.771. The Labute approximate surface area is 137 Å². The summed E-state index contributed by atoms with van der Waals surface area (Å²) < 4.78 is 5.36. The highest BCUT2D eigenvalue weighted by molar-refractivity contribution is 5.44. The van der Waals surface area contributed by atoms with Crippen LogP contribution < -0.4 is 9.64 Å². The molecule has 0 saturated carbocycles. The third-order valence-corrected chi connectivity index (χ3v) is 3.64. The molecule has 0 atom stereocenters. The summed E-state index contributed by atoms with van der Waals surface area (Å²) in [7, 11) is 1.69. The fourth-order valence-corrected chi connectivity index (χ4v) is 2.37. The molecule has 1 aromatic heterocycles. The van der Waals surface area contributed by atoms with Crippen LogP contribution in [0.1, 0.15) is 47.1 Å². The zero-order valence-electron chi connectivity index (χ0n) is 15.6. The molecule has 22 heavy (non-hydrogen) atoms. The lowest BCUT2D eigenvalue weighted by molar-refractivity contribution is 0.270. The predicted octanol–water partition coefficient (Wildman–Crippen LogP) is 3.85. The van der Waals surface area contributed by atoms with Crippen LogP contribution in [0, 0.1) is 0 Å². The molecule has 2 rings (SSSR count). The summed E-state index contributed by atoms with van der Waals surface area (Å²) in [6, 6.07) is 4.25. The van der Waals surface area contributed by atoms with Gasteiger partial charge in [-0.15, -0.1) is 0 Å². The zero-order valence-corrected chi connectivity index (χ0v) is 15.6. The summed E-state index contributed by atoms with van der Waals surface area (Å²) >= 11 is 0. The summed E-state index contributed by atoms with van der Waals surface area (Å²) in [6.45, 7) is 17.8. The van der Waals surface area contributed by atoms with E-state index in [-0.39, 0.29) is 0 Å². The van der Waals surface area contributed by atoms with Gasteiger partial charge in [0.15, 0.2) is 0 Å². The minimum atomic E-state index is 0.771. The molecule has 128 valence electrons. The maximum Gasteiger partial charge on any atom is 0.218 e. The second kappa shape index (κ2) is 12.3. The first-order valence-electron chi connectivity index (χ1n) is 8.79. The van der Waals surface area contributed by atoms with E-state index in [4.69, 9.17) is 4.74 Å². The Morgan fingerprint density at radius 2 is 1.59 bits per heavy atom. The van der Waals surface area contributed by atoms with Gasteiger partial charge in [-0.25, -0.2) is 0 Å². The van der Waals surface area contributed by atoms with Crippen molar-refractivity contribution in [3.63, 3.8) is 0 Å². The van der Waals surface area contributed by atoms with Crippen LogP contribution >= 0.6 is 0 Å². The van der Waals surface area contributed by atoms with Gasteiger partial charge in [-0.3, -0.25) is 0 Å². The second-order valence-corrected chi connectivity index (χ2v) is 4.61. The number of pyridine rings is 1. The average molecular weight is 309 g/mol. The van der Waals surface area contributed by atoms with Crippen LogP contribution in [-0.2, 0) is 6.42 Å². The first kappa shape index (κ1) is 20.7. The average Bonchev–Trinajstić information content (AvgIpc) is 2.64. The smallest absolute Gasteiger partial charge is 0.218 e. The predicted molar refractivity (Wildman–Crippen MR) is 97.2 cm³/mol. The molecule has 4 nitrogen and oxygen atoms in total. The monoisotopic (exact) mass is 309 g/mol. The Kier molecular flexibility index (Phi) is 11.6. The van der Waals surface area contributed by atoms with Gasteiger partial charge in [-0.05, 0) is 25.1 Å². The molecule has 0 bridgehead atoms. The highest BCUT2D eigenvalue weighted by Crippen LogP contribution is 2.22. The van der Waals surface area contributed by atoms with Crippen molar-refractivity contribution in [1.82, 2.24) is 9.88 Å². The molecule has 1 aromatic rings. The van der Waals surface area contributed by atoms with Crippen LogP contribution in [0.25, 0.3) is 0 Å². The minimum Gasteiger partial charge on any atom is -0.481 e. The van der Waals surface area contributed by atoms with E-state index in [1.807, 2.05) is 27.7 Å². The van der Waals surface area contributed by atoms with E-state index in [0.717, 1.165) is 50.8 Å². The van der Waals surface area contributed by atoms with Gasteiger partial charge in [0, 0.05) is 31.7 Å². The van der Waals surface area contributed by atoms with Gasteiger partial charge in [0.05, 0.1) is 7.11 Å². The highest BCUT2D eigenvalue weighted by Gasteiger charge is 2.17. The van der Waals surface area contributed by atoms with Crippen molar-refractivity contribution in [2.75, 3.05) is 44.7 Å². The van der Waals surface area contributed by atoms with Gasteiger partial charge in [-0.1, -0.05) is 41.5 Å². The van der Waals surface area contributed by atoms with Crippen LogP contribution in [0.15, 0.2) is 12.1 Å². The molecule has 1 saturated heterocycles. The van der Waals surface area contributed by atoms with E-state index >= 15 is 0 Å². The number of anilines is 1. The van der Waals surface area contributed by atoms with Crippen molar-refractivity contribution in [3.05, 3.63) is 17.7 Å². The fourth-order valence-electron chi connectivity index (χ4n) is 2.37. The summed E-state index contributed by atoms with van der Waals surface area (Å²) in [6.07, 6.45) is 0.958. The standard InChI is InChI=1S/C14H23N3O.2C2H6/c1-4-12-6-7-13(15-14(12)18-3)17-10-8-16(5-2)9-11-17;2*1-2/h6-7H,4-5,8-11H2,1-3H3;2*1-2H3. The lowest BCUT2D eigenvalue weighted by Crippen LogP contribution is -2.46. The summed E-state index contributed by atoms with van der Waals surface area (Å²) in [5, 5.41) is 0. The Balaban J connectivity index is 0.00000102. The Bertz CT molecular complexity index is 388. The van der Waals surface area contributed by atoms with Crippen molar-refractivity contribution in [3.8, 4) is 5.88 Å². The Hall–Kier alpha value is -1.29. The van der Waals surface area contributed by atoms with Gasteiger partial charge < -0.3 is 14.5 Å². The second-order valence-electron chi connectivity index (χ2n) is 4.61. The number of hydrogen-bond donors (Lipinski definition) is 0. The van der Waals surface area contributed by atoms with Crippen molar-refractivity contribution >= 4 is 5.82 Å². The third kappa shape index (κ3) is 5.84. The molecule has 0 aliphatic carbocycles. The number of piperazine rings is 1. The normalized spacial score (nSPS) is 14.4. The number of methoxy groups -OCH3 is 1. The fraction of sp³-hybridized carbons (Fsp3) is 0.722. The number of rotatable bonds is 4. The van der Waals surface area contributed by atoms with E-state index in [1.165, 1.54) is 5.56 Å². The van der Waals surface area contributed by atoms with E-state index in [2.05, 4.69) is 40.8 Å². The van der Waals surface area contributed by atoms with Crippen LogP contribution in [0.4, 0.5) is 5.82 Å². The number of hydrogen-bond acceptors (Lipinski definition) is 4. The van der Waals surface area contributed by atoms with Crippen LogP contribution in [0.5, 0.6) is 5.88 Å². The Morgan fingerprint density at radius 3 is 2.05 bits per heavy atom. The topological polar surface area (TPSA) is 28.6 Å². The molecule has 2 heterocycles. The molecule has 0 N–H and O–H groups in total. The molecular formula is C18H35N3O. The van der Waals surface area contributed by atoms with Crippen molar-refractivity contribution < 1.29 is 4.74 Å². The van der Waals surface area contributed by atoms with Gasteiger partial charge in [-0.2, -0.15) is 4.98 Å². The van der Waals surface area contributed by atoms with Crippen molar-refractivity contribution in [1.29, 1.82) is 0 Å². The first-order chi connectivity index (χ1) is 10.8. The van der Waals surface area contributed by atoms with Crippen LogP contribution in [0.2, 0.25) is 0 Å². The summed E-state index contributed by atoms with van der Waals surface area (Å²) in [4.78, 5) is 9.43. The molecule has 0 spiro atoms. The molecule has 0 radical (unpaired) electrons. The maximum atomic E-state index is 5.36.